The molecular formula is C44H42N4. The van der Waals surface area contributed by atoms with Crippen molar-refractivity contribution in [3.05, 3.63) is 182 Å². The summed E-state index contributed by atoms with van der Waals surface area (Å²) in [5, 5.41) is 9.87. The van der Waals surface area contributed by atoms with Gasteiger partial charge in [-0.3, -0.25) is 4.99 Å². The van der Waals surface area contributed by atoms with Crippen LogP contribution in [-0.2, 0) is 0 Å². The Morgan fingerprint density at radius 3 is 2.17 bits per heavy atom. The second kappa shape index (κ2) is 11.4. The minimum atomic E-state index is -0.180. The molecule has 0 saturated carbocycles. The van der Waals surface area contributed by atoms with Crippen LogP contribution in [0.15, 0.2) is 137 Å². The summed E-state index contributed by atoms with van der Waals surface area (Å²) < 4.78 is 0. The number of H-pyrrole nitrogens is 1. The topological polar surface area (TPSA) is 52.2 Å². The lowest BCUT2D eigenvalue weighted by Gasteiger charge is -2.20. The first-order valence-electron chi connectivity index (χ1n) is 17.0. The highest BCUT2D eigenvalue weighted by Gasteiger charge is 2.32. The van der Waals surface area contributed by atoms with Crippen LogP contribution in [0.1, 0.15) is 59.2 Å². The van der Waals surface area contributed by atoms with Crippen LogP contribution in [0, 0.1) is 33.1 Å². The Hall–Kier alpha value is -5.35. The molecule has 8 rings (SSSR count). The van der Waals surface area contributed by atoms with Crippen LogP contribution in [0.2, 0.25) is 0 Å². The summed E-state index contributed by atoms with van der Waals surface area (Å²) >= 11 is 0. The predicted molar refractivity (Wildman–Crippen MR) is 200 cm³/mol. The van der Waals surface area contributed by atoms with Crippen molar-refractivity contribution in [3.63, 3.8) is 0 Å². The maximum Gasteiger partial charge on any atom is 0.0696 e. The van der Waals surface area contributed by atoms with Crippen LogP contribution < -0.4 is 21.3 Å². The fourth-order valence-electron chi connectivity index (χ4n) is 7.74. The Labute approximate surface area is 283 Å². The third kappa shape index (κ3) is 5.22. The second-order valence-electron chi connectivity index (χ2n) is 14.2. The maximum absolute atomic E-state index is 5.50. The van der Waals surface area contributed by atoms with Crippen molar-refractivity contribution in [3.8, 4) is 0 Å². The molecule has 4 heteroatoms. The molecule has 0 amide bonds. The van der Waals surface area contributed by atoms with Crippen LogP contribution in [-0.4, -0.2) is 16.7 Å². The SMILES string of the molecule is Cc1ccc(/C2=C3\C=CC(/C=C4\NC(=CC4(C)C)/C(c4ccccc4)=c4/cc/c([nH]4)=C(\c4c(C)cc(C)cc4C)C4=NC2=CC4)N3)cc1. The molecule has 3 aromatic carbocycles. The number of fused-ring (bicyclic) bond motifs is 7. The number of aryl methyl sites for hydroxylation is 4. The van der Waals surface area contributed by atoms with Gasteiger partial charge in [-0.05, 0) is 85.9 Å². The minimum Gasteiger partial charge on any atom is -0.375 e. The van der Waals surface area contributed by atoms with E-state index in [0.717, 1.165) is 62.2 Å². The van der Waals surface area contributed by atoms with E-state index in [0.29, 0.717) is 0 Å². The van der Waals surface area contributed by atoms with Gasteiger partial charge in [0, 0.05) is 56.3 Å². The molecule has 1 aromatic heterocycles. The van der Waals surface area contributed by atoms with E-state index >= 15 is 0 Å². The smallest absolute Gasteiger partial charge is 0.0696 e. The van der Waals surface area contributed by atoms with Crippen LogP contribution in [0.3, 0.4) is 0 Å². The fraction of sp³-hybridized carbons (Fsp3) is 0.205. The van der Waals surface area contributed by atoms with Gasteiger partial charge in [-0.1, -0.05) is 104 Å². The van der Waals surface area contributed by atoms with Crippen molar-refractivity contribution in [2.45, 2.75) is 54.0 Å². The van der Waals surface area contributed by atoms with E-state index in [1.807, 2.05) is 0 Å². The van der Waals surface area contributed by atoms with Gasteiger partial charge in [-0.25, -0.2) is 0 Å². The van der Waals surface area contributed by atoms with Gasteiger partial charge < -0.3 is 15.6 Å². The third-order valence-electron chi connectivity index (χ3n) is 9.99. The molecule has 1 atom stereocenters. The Kier molecular flexibility index (Phi) is 7.14. The van der Waals surface area contributed by atoms with Crippen LogP contribution >= 0.6 is 0 Å². The van der Waals surface area contributed by atoms with Gasteiger partial charge in [-0.15, -0.1) is 0 Å². The summed E-state index contributed by atoms with van der Waals surface area (Å²) in [5.41, 5.74) is 17.4. The molecule has 0 spiro atoms. The maximum atomic E-state index is 5.50. The molecule has 4 nitrogen and oxygen atoms in total. The number of rotatable bonds is 3. The van der Waals surface area contributed by atoms with Crippen molar-refractivity contribution in [2.75, 3.05) is 0 Å². The number of nitrogens with one attached hydrogen (secondary N) is 3. The summed E-state index contributed by atoms with van der Waals surface area (Å²) in [5.74, 6) is 0. The standard InChI is InChI=1S/C44H42N4/c1-26-12-14-31(15-13-26)41-33-17-16-32(45-33)24-39-44(5,6)25-38(48-39)42(30-10-8-7-9-11-30)35-19-21-37(47-35)43(36-20-18-34(41)46-36)40-28(3)22-27(2)23-29(40)4/h7-19,21-25,32,45,47-48H,20H2,1-6H3/b39-24-,41-33-,42-35-,43-37+. The fourth-order valence-corrected chi connectivity index (χ4v) is 7.74. The number of benzene rings is 3. The van der Waals surface area contributed by atoms with E-state index in [-0.39, 0.29) is 11.5 Å². The molecule has 0 saturated heterocycles. The first-order valence-corrected chi connectivity index (χ1v) is 17.0. The number of allylic oxidation sites excluding steroid dienone is 5. The number of aliphatic imine (C=N–C) groups is 1. The van der Waals surface area contributed by atoms with E-state index in [1.54, 1.807) is 0 Å². The predicted octanol–water partition coefficient (Wildman–Crippen LogP) is 7.73. The molecule has 0 fully saturated rings. The number of hydrogen-bond donors (Lipinski definition) is 3. The first kappa shape index (κ1) is 30.0. The van der Waals surface area contributed by atoms with Crippen LogP contribution in [0.4, 0.5) is 0 Å². The van der Waals surface area contributed by atoms with Gasteiger partial charge in [0.1, 0.15) is 0 Å². The van der Waals surface area contributed by atoms with Gasteiger partial charge in [-0.2, -0.15) is 0 Å². The van der Waals surface area contributed by atoms with Crippen LogP contribution in [0.25, 0.3) is 16.7 Å². The van der Waals surface area contributed by atoms with Gasteiger partial charge >= 0.3 is 0 Å². The molecule has 3 N–H and O–H groups in total. The first-order chi connectivity index (χ1) is 23.1. The summed E-state index contributed by atoms with van der Waals surface area (Å²) in [6.07, 6.45) is 12.3. The lowest BCUT2D eigenvalue weighted by Crippen LogP contribution is -2.26. The lowest BCUT2D eigenvalue weighted by molar-refractivity contribution is 0.572. The Bertz CT molecular complexity index is 2270. The highest BCUT2D eigenvalue weighted by Crippen LogP contribution is 2.39. The molecule has 4 aliphatic heterocycles. The van der Waals surface area contributed by atoms with Crippen molar-refractivity contribution < 1.29 is 0 Å². The summed E-state index contributed by atoms with van der Waals surface area (Å²) in [7, 11) is 0. The van der Waals surface area contributed by atoms with E-state index in [1.165, 1.54) is 39.1 Å². The molecule has 1 unspecified atom stereocenters. The van der Waals surface area contributed by atoms with Crippen molar-refractivity contribution in [2.24, 2.45) is 10.4 Å². The molecule has 0 radical (unpaired) electrons. The molecular weight excluding hydrogens is 585 g/mol. The summed E-state index contributed by atoms with van der Waals surface area (Å²) in [6, 6.07) is 28.7. The third-order valence-corrected chi connectivity index (χ3v) is 9.99. The monoisotopic (exact) mass is 626 g/mol. The number of aromatic amines is 1. The van der Waals surface area contributed by atoms with Gasteiger partial charge in [0.05, 0.1) is 17.5 Å². The normalized spacial score (nSPS) is 24.3. The molecule has 4 aromatic rings. The van der Waals surface area contributed by atoms with Gasteiger partial charge in [0.2, 0.25) is 0 Å². The molecule has 8 bridgehead atoms. The number of nitrogens with zero attached hydrogens (tertiary/aromatic N) is 1. The molecule has 4 aliphatic rings. The zero-order valence-corrected chi connectivity index (χ0v) is 28.6. The largest absolute Gasteiger partial charge is 0.375 e. The Morgan fingerprint density at radius 1 is 0.750 bits per heavy atom. The molecule has 0 aliphatic carbocycles. The average Bonchev–Trinajstić information content (AvgIpc) is 3.86. The van der Waals surface area contributed by atoms with E-state index in [9.17, 15) is 0 Å². The summed E-state index contributed by atoms with van der Waals surface area (Å²) in [4.78, 5) is 9.41. The van der Waals surface area contributed by atoms with Crippen molar-refractivity contribution in [1.82, 2.24) is 15.6 Å². The van der Waals surface area contributed by atoms with Gasteiger partial charge in [0.25, 0.3) is 0 Å². The zero-order chi connectivity index (χ0) is 33.2. The van der Waals surface area contributed by atoms with E-state index in [4.69, 9.17) is 4.99 Å². The molecule has 5 heterocycles. The number of aromatic nitrogens is 1. The second-order valence-corrected chi connectivity index (χ2v) is 14.2. The molecule has 238 valence electrons. The Morgan fingerprint density at radius 2 is 1.44 bits per heavy atom. The molecule has 48 heavy (non-hydrogen) atoms. The zero-order valence-electron chi connectivity index (χ0n) is 28.6. The van der Waals surface area contributed by atoms with E-state index < -0.39 is 0 Å². The van der Waals surface area contributed by atoms with E-state index in [2.05, 4.69) is 166 Å². The van der Waals surface area contributed by atoms with Gasteiger partial charge in [0.15, 0.2) is 0 Å². The average molecular weight is 627 g/mol. The Balaban J connectivity index is 1.46. The van der Waals surface area contributed by atoms with Crippen LogP contribution in [0.5, 0.6) is 0 Å². The van der Waals surface area contributed by atoms with Crippen molar-refractivity contribution in [1.29, 1.82) is 0 Å². The van der Waals surface area contributed by atoms with Crippen molar-refractivity contribution >= 4 is 22.4 Å². The lowest BCUT2D eigenvalue weighted by atomic mass is 9.89. The minimum absolute atomic E-state index is 0.0468. The highest BCUT2D eigenvalue weighted by atomic mass is 15.0. The quantitative estimate of drug-likeness (QED) is 0.218. The summed E-state index contributed by atoms with van der Waals surface area (Å²) in [6.45, 7) is 13.3. The number of hydrogen-bond acceptors (Lipinski definition) is 3. The highest BCUT2D eigenvalue weighted by molar-refractivity contribution is 6.26.